The van der Waals surface area contributed by atoms with Gasteiger partial charge in [-0.25, -0.2) is 0 Å². The largest absolute Gasteiger partial charge is 0.454 e. The number of anilines is 5. The van der Waals surface area contributed by atoms with E-state index in [9.17, 15) is 0 Å². The van der Waals surface area contributed by atoms with Crippen LogP contribution in [0.2, 0.25) is 0 Å². The Bertz CT molecular complexity index is 4230. The van der Waals surface area contributed by atoms with Gasteiger partial charge >= 0.3 is 6.85 Å². The van der Waals surface area contributed by atoms with Crippen molar-refractivity contribution in [3.05, 3.63) is 221 Å². The third-order valence-corrected chi connectivity index (χ3v) is 19.4. The molecule has 0 bridgehead atoms. The number of rotatable bonds is 2. The second-order valence-electron chi connectivity index (χ2n) is 24.2. The van der Waals surface area contributed by atoms with Crippen LogP contribution in [0.3, 0.4) is 0 Å². The van der Waals surface area contributed by atoms with Crippen LogP contribution >= 0.6 is 11.3 Å². The zero-order chi connectivity index (χ0) is 49.8. The van der Waals surface area contributed by atoms with E-state index in [1.54, 1.807) is 0 Å². The first-order valence-electron chi connectivity index (χ1n) is 26.7. The van der Waals surface area contributed by atoms with Crippen molar-refractivity contribution in [2.75, 3.05) is 9.71 Å². The van der Waals surface area contributed by atoms with Crippen molar-refractivity contribution in [1.29, 1.82) is 0 Å². The molecule has 1 spiro atoms. The molecule has 2 aromatic heterocycles. The summed E-state index contributed by atoms with van der Waals surface area (Å²) in [6, 6.07) is 69.9. The minimum atomic E-state index is -0.535. The average molecular weight is 971 g/mol. The maximum absolute atomic E-state index is 7.39. The zero-order valence-corrected chi connectivity index (χ0v) is 43.8. The van der Waals surface area contributed by atoms with E-state index in [1.807, 2.05) is 11.3 Å². The Morgan fingerprint density at radius 3 is 1.86 bits per heavy atom. The fourth-order valence-electron chi connectivity index (χ4n) is 14.6. The van der Waals surface area contributed by atoms with Crippen LogP contribution in [-0.2, 0) is 21.7 Å². The van der Waals surface area contributed by atoms with Gasteiger partial charge in [-0.05, 0) is 149 Å². The lowest BCUT2D eigenvalue weighted by Crippen LogP contribution is -2.63. The summed E-state index contributed by atoms with van der Waals surface area (Å²) in [6.07, 6.45) is 2.31. The Morgan fingerprint density at radius 1 is 0.486 bits per heavy atom. The molecule has 3 nitrogen and oxygen atoms in total. The third-order valence-electron chi connectivity index (χ3n) is 18.3. The number of thiophene rings is 1. The van der Waals surface area contributed by atoms with E-state index in [2.05, 4.69) is 240 Å². The molecule has 3 aliphatic heterocycles. The maximum atomic E-state index is 7.39. The SMILES string of the molecule is CC(C)(C)c1ccc(N2c3sc4cc5c(cc4c3B3c4c(cc6c(oc7ccccc76)c42)-c2cccc4c2N3c2ccccc2C42c3ccccc3-c3ccccc32)C(C)(C)CCC5(C)C)c(-c2ccccc2)c1. The molecular weight excluding hydrogens is 916 g/mol. The molecule has 5 heteroatoms. The van der Waals surface area contributed by atoms with Gasteiger partial charge in [0.05, 0.1) is 21.8 Å². The van der Waals surface area contributed by atoms with Crippen LogP contribution in [0.25, 0.3) is 65.4 Å². The second kappa shape index (κ2) is 14.4. The molecule has 0 saturated carbocycles. The lowest BCUT2D eigenvalue weighted by molar-refractivity contribution is 0.332. The molecule has 16 rings (SSSR count). The van der Waals surface area contributed by atoms with E-state index in [0.29, 0.717) is 0 Å². The summed E-state index contributed by atoms with van der Waals surface area (Å²) in [7, 11) is 0. The van der Waals surface area contributed by atoms with Gasteiger partial charge in [-0.1, -0.05) is 188 Å². The van der Waals surface area contributed by atoms with E-state index in [1.165, 1.54) is 110 Å². The molecule has 0 N–H and O–H groups in total. The molecule has 74 heavy (non-hydrogen) atoms. The van der Waals surface area contributed by atoms with Crippen LogP contribution in [0.5, 0.6) is 0 Å². The van der Waals surface area contributed by atoms with Crippen LogP contribution in [0.4, 0.5) is 27.8 Å². The van der Waals surface area contributed by atoms with Crippen LogP contribution in [0.15, 0.2) is 186 Å². The molecule has 0 atom stereocenters. The molecule has 0 saturated heterocycles. The molecule has 0 unspecified atom stereocenters. The lowest BCUT2D eigenvalue weighted by Gasteiger charge is -2.52. The highest BCUT2D eigenvalue weighted by molar-refractivity contribution is 7.26. The highest BCUT2D eigenvalue weighted by atomic mass is 32.1. The van der Waals surface area contributed by atoms with Crippen molar-refractivity contribution < 1.29 is 4.42 Å². The van der Waals surface area contributed by atoms with Crippen LogP contribution in [0.1, 0.15) is 100 Å². The first-order chi connectivity index (χ1) is 35.8. The second-order valence-corrected chi connectivity index (χ2v) is 25.2. The Balaban J connectivity index is 1.11. The number of fused-ring (bicyclic) bond motifs is 20. The molecule has 0 fully saturated rings. The number of hydrogen-bond donors (Lipinski definition) is 0. The monoisotopic (exact) mass is 970 g/mol. The average Bonchev–Trinajstić information content (AvgIpc) is 4.09. The Morgan fingerprint density at radius 2 is 1.12 bits per heavy atom. The Kier molecular flexibility index (Phi) is 8.32. The summed E-state index contributed by atoms with van der Waals surface area (Å²) in [5.41, 5.74) is 26.0. The smallest absolute Gasteiger partial charge is 0.334 e. The van der Waals surface area contributed by atoms with Crippen molar-refractivity contribution in [3.63, 3.8) is 0 Å². The summed E-state index contributed by atoms with van der Waals surface area (Å²) in [4.78, 5) is 5.46. The first kappa shape index (κ1) is 42.9. The van der Waals surface area contributed by atoms with Gasteiger partial charge in [-0.15, -0.1) is 11.3 Å². The number of benzene rings is 9. The molecule has 0 amide bonds. The van der Waals surface area contributed by atoms with Gasteiger partial charge in [-0.3, -0.25) is 4.90 Å². The van der Waals surface area contributed by atoms with Gasteiger partial charge < -0.3 is 9.23 Å². The van der Waals surface area contributed by atoms with Crippen molar-refractivity contribution >= 4 is 88.9 Å². The first-order valence-corrected chi connectivity index (χ1v) is 27.5. The molecule has 11 aromatic rings. The van der Waals surface area contributed by atoms with Crippen LogP contribution in [-0.4, -0.2) is 6.85 Å². The normalized spacial score (nSPS) is 16.7. The number of nitrogens with zero attached hydrogens (tertiary/aromatic N) is 2. The summed E-state index contributed by atoms with van der Waals surface area (Å²) in [5, 5.41) is 4.89. The molecule has 356 valence electrons. The van der Waals surface area contributed by atoms with E-state index in [-0.39, 0.29) is 23.1 Å². The van der Waals surface area contributed by atoms with Crippen LogP contribution < -0.4 is 20.6 Å². The molecule has 5 aliphatic rings. The summed E-state index contributed by atoms with van der Waals surface area (Å²) in [5.74, 6) is 0. The lowest BCUT2D eigenvalue weighted by atomic mass is 9.42. The topological polar surface area (TPSA) is 19.6 Å². The zero-order valence-electron chi connectivity index (χ0n) is 43.0. The van der Waals surface area contributed by atoms with Gasteiger partial charge in [0.15, 0.2) is 5.58 Å². The van der Waals surface area contributed by atoms with Crippen molar-refractivity contribution in [2.45, 2.75) is 83.0 Å². The number of furan rings is 1. The van der Waals surface area contributed by atoms with E-state index in [0.717, 1.165) is 46.2 Å². The summed E-state index contributed by atoms with van der Waals surface area (Å²) >= 11 is 1.97. The van der Waals surface area contributed by atoms with Crippen molar-refractivity contribution in [3.8, 4) is 33.4 Å². The maximum Gasteiger partial charge on any atom is 0.334 e. The summed E-state index contributed by atoms with van der Waals surface area (Å²) in [6.45, 7) is 16.7. The van der Waals surface area contributed by atoms with Gasteiger partial charge in [0.25, 0.3) is 0 Å². The minimum absolute atomic E-state index is 0.0225. The number of para-hydroxylation sites is 3. The van der Waals surface area contributed by atoms with Gasteiger partial charge in [0.2, 0.25) is 0 Å². The van der Waals surface area contributed by atoms with Crippen molar-refractivity contribution in [2.24, 2.45) is 0 Å². The highest BCUT2D eigenvalue weighted by Gasteiger charge is 2.57. The van der Waals surface area contributed by atoms with E-state index >= 15 is 0 Å². The fraction of sp³-hybridized carbons (Fsp3) is 0.188. The third kappa shape index (κ3) is 5.33. The quantitative estimate of drug-likeness (QED) is 0.161. The molecule has 5 heterocycles. The molecule has 0 radical (unpaired) electrons. The Labute approximate surface area is 437 Å². The predicted molar refractivity (Wildman–Crippen MR) is 313 cm³/mol. The van der Waals surface area contributed by atoms with Crippen molar-refractivity contribution in [1.82, 2.24) is 0 Å². The minimum Gasteiger partial charge on any atom is -0.454 e. The number of hydrogen-bond acceptors (Lipinski definition) is 4. The van der Waals surface area contributed by atoms with E-state index in [4.69, 9.17) is 4.42 Å². The van der Waals surface area contributed by atoms with E-state index < -0.39 is 5.41 Å². The standard InChI is InChI=1S/C69H55BN2OS/c1-66(2,3)41-32-33-56(46(36-41)40-20-9-8-10-21-40)71-63-60-47(37-48-44-24-13-18-31-58(44)73-64(48)63)45-25-19-29-53-62(45)72(70(60)61-49-38-54-55(39-59(49)74-65(61)71)68(6,7)35-34-67(54,4)5)57-30-17-16-28-52(57)69(53)50-26-14-11-22-42(50)43-23-12-15-27-51(43)69/h8-33,36-39H,34-35H2,1-7H3. The van der Waals surface area contributed by atoms with Gasteiger partial charge in [0.1, 0.15) is 5.58 Å². The fourth-order valence-corrected chi connectivity index (χ4v) is 15.9. The molecule has 9 aromatic carbocycles. The van der Waals surface area contributed by atoms with Crippen LogP contribution in [0, 0.1) is 0 Å². The molecule has 2 aliphatic carbocycles. The van der Waals surface area contributed by atoms with Gasteiger partial charge in [-0.2, -0.15) is 0 Å². The summed E-state index contributed by atoms with van der Waals surface area (Å²) < 4.78 is 8.73. The highest BCUT2D eigenvalue weighted by Crippen LogP contribution is 2.66. The Hall–Kier alpha value is -7.60. The van der Waals surface area contributed by atoms with Gasteiger partial charge in [0, 0.05) is 38.0 Å². The molecular formula is C69H55BN2OS. The predicted octanol–water partition coefficient (Wildman–Crippen LogP) is 17.5.